The fraction of sp³-hybridized carbons (Fsp3) is 0.333. The summed E-state index contributed by atoms with van der Waals surface area (Å²) >= 11 is 24.5. The van der Waals surface area contributed by atoms with Crippen molar-refractivity contribution in [1.29, 1.82) is 0 Å². The molecule has 0 atom stereocenters. The Labute approximate surface area is 738 Å². The highest BCUT2D eigenvalue weighted by Crippen LogP contribution is 2.44. The largest absolute Gasteiger partial charge is 0.340 e. The number of carbonyl (C=O) groups is 3. The molecule has 4 aliphatic heterocycles. The van der Waals surface area contributed by atoms with Gasteiger partial charge in [0.2, 0.25) is 11.8 Å². The van der Waals surface area contributed by atoms with Crippen LogP contribution in [0.3, 0.4) is 0 Å². The summed E-state index contributed by atoms with van der Waals surface area (Å²) in [6.45, 7) is 18.7. The third-order valence-corrected chi connectivity index (χ3v) is 26.2. The Morgan fingerprint density at radius 2 is 0.659 bits per heavy atom. The number of pyridine rings is 5. The molecular weight excluding hydrogens is 1620 g/mol. The smallest absolute Gasteiger partial charge is 0.254 e. The van der Waals surface area contributed by atoms with Crippen LogP contribution < -0.4 is 5.73 Å². The molecule has 0 spiro atoms. The van der Waals surface area contributed by atoms with Crippen molar-refractivity contribution in [3.05, 3.63) is 290 Å². The number of nitrogens with zero attached hydrogens (tertiary/aromatic N) is 16. The Hall–Kier alpha value is -10.6. The van der Waals surface area contributed by atoms with Gasteiger partial charge in [0, 0.05) is 222 Å². The van der Waals surface area contributed by atoms with Crippen LogP contribution in [-0.2, 0) is 35.8 Å². The van der Waals surface area contributed by atoms with Crippen LogP contribution in [0.1, 0.15) is 139 Å². The number of aromatic nitrogens is 9. The number of piperazine rings is 3. The van der Waals surface area contributed by atoms with Crippen LogP contribution in [0.4, 0.5) is 0 Å². The van der Waals surface area contributed by atoms with Crippen molar-refractivity contribution in [3.63, 3.8) is 0 Å². The van der Waals surface area contributed by atoms with Crippen molar-refractivity contribution in [3.8, 4) is 56.2 Å². The van der Waals surface area contributed by atoms with Crippen molar-refractivity contribution < 1.29 is 14.4 Å². The van der Waals surface area contributed by atoms with E-state index in [4.69, 9.17) is 72.1 Å². The number of halogens is 4. The lowest BCUT2D eigenvalue weighted by Crippen LogP contribution is -2.48. The number of piperidine rings is 1. The lowest BCUT2D eigenvalue weighted by Gasteiger charge is -2.34. The second kappa shape index (κ2) is 37.4. The van der Waals surface area contributed by atoms with Gasteiger partial charge in [-0.3, -0.25) is 39.0 Å². The Kier molecular flexibility index (Phi) is 25.4. The van der Waals surface area contributed by atoms with Gasteiger partial charge >= 0.3 is 0 Å². The van der Waals surface area contributed by atoms with Gasteiger partial charge in [0.1, 0.15) is 22.6 Å². The van der Waals surface area contributed by atoms with E-state index in [-0.39, 0.29) is 17.7 Å². The van der Waals surface area contributed by atoms with E-state index in [1.807, 2.05) is 113 Å². The second-order valence-electron chi connectivity index (χ2n) is 33.8. The topological polar surface area (TPSA) is 182 Å². The number of likely N-dealkylation sites (tertiary alicyclic amines) is 1. The van der Waals surface area contributed by atoms with Crippen LogP contribution >= 0.6 is 46.4 Å². The molecule has 123 heavy (non-hydrogen) atoms. The minimum Gasteiger partial charge on any atom is -0.340 e. The maximum atomic E-state index is 12.8. The highest BCUT2D eigenvalue weighted by Gasteiger charge is 2.32. The van der Waals surface area contributed by atoms with Gasteiger partial charge in [0.25, 0.3) is 5.91 Å². The minimum atomic E-state index is 0.0766. The molecule has 24 heteroatoms. The van der Waals surface area contributed by atoms with Crippen molar-refractivity contribution in [2.24, 2.45) is 5.73 Å². The van der Waals surface area contributed by atoms with Crippen molar-refractivity contribution in [2.75, 3.05) is 91.6 Å². The van der Waals surface area contributed by atoms with Gasteiger partial charge < -0.3 is 38.0 Å². The zero-order valence-electron chi connectivity index (χ0n) is 69.7. The third kappa shape index (κ3) is 19.7. The summed E-state index contributed by atoms with van der Waals surface area (Å²) in [5, 5.41) is 2.92. The van der Waals surface area contributed by atoms with Crippen molar-refractivity contribution in [1.82, 2.24) is 76.8 Å². The molecule has 7 fully saturated rings. The molecular formula is C99H103Cl4N17O3. The number of rotatable bonds is 18. The molecule has 3 aliphatic carbocycles. The average Bonchev–Trinajstić information content (AvgIpc) is 1.63. The molecule has 630 valence electrons. The van der Waals surface area contributed by atoms with E-state index in [0.29, 0.717) is 48.9 Å². The first-order valence-electron chi connectivity index (χ1n) is 43.5. The molecule has 2 N–H and O–H groups in total. The zero-order valence-corrected chi connectivity index (χ0v) is 72.8. The van der Waals surface area contributed by atoms with Crippen LogP contribution in [-0.4, -0.2) is 192 Å². The first-order valence-corrected chi connectivity index (χ1v) is 45.0. The van der Waals surface area contributed by atoms with Crippen LogP contribution in [0.15, 0.2) is 225 Å². The number of hydrogen-bond donors (Lipinski definition) is 1. The number of fused-ring (bicyclic) bond motifs is 4. The number of amides is 3. The summed E-state index contributed by atoms with van der Waals surface area (Å²) in [4.78, 5) is 76.1. The molecule has 3 saturated carbocycles. The SMILES string of the molecule is CC(=O)N1CCN(Cc2c(-c3ccc(Cl)cc3)nc3ccc(C4CC4)cn23)CC1.CCC(=O)N1CCN(Cc2c(-c3ccc(Cl)cc3)nc3ccc(C4CC4)cn23)CC1.NC1CCN(Cc2c(-c3ccc(Cl)cc3)nc3ccc(-c4ccccc4)cn23)CC1.O=C(c1ccncc1)N1CCN(Cc2c(-c3ccc(Cl)cc3)nc3ccc(C4CC4)cn23)CC1. The minimum absolute atomic E-state index is 0.0766. The number of benzene rings is 5. The highest BCUT2D eigenvalue weighted by molar-refractivity contribution is 6.31. The van der Waals surface area contributed by atoms with E-state index < -0.39 is 0 Å². The van der Waals surface area contributed by atoms with Crippen LogP contribution in [0.25, 0.3) is 78.7 Å². The predicted molar refractivity (Wildman–Crippen MR) is 491 cm³/mol. The number of hydrogen-bond acceptors (Lipinski definition) is 13. The Morgan fingerprint density at radius 3 is 1.00 bits per heavy atom. The quantitative estimate of drug-likeness (QED) is 0.0857. The van der Waals surface area contributed by atoms with Gasteiger partial charge in [-0.2, -0.15) is 0 Å². The van der Waals surface area contributed by atoms with E-state index in [0.717, 1.165) is 205 Å². The molecule has 14 aromatic rings. The van der Waals surface area contributed by atoms with Gasteiger partial charge in [0.05, 0.1) is 45.6 Å². The fourth-order valence-electron chi connectivity index (χ4n) is 17.5. The summed E-state index contributed by atoms with van der Waals surface area (Å²) < 4.78 is 9.07. The molecule has 13 heterocycles. The Balaban J connectivity index is 0.000000112. The summed E-state index contributed by atoms with van der Waals surface area (Å²) in [5.74, 6) is 2.57. The first-order chi connectivity index (χ1) is 60.0. The standard InChI is InChI=1S/C27H26ClN5O.C25H25ClN4.C24H27ClN4O.C23H25ClN4O/c28-23-6-3-20(4-7-23)26-24(33-17-22(19-1-2-19)5-8-25(33)30-26)18-31-13-15-32(16-14-31)27(34)21-9-11-29-12-10-21;26-21-9-6-19(7-10-21)25-23(17-29-14-12-22(27)13-15-29)30-16-20(8-11-24(30)28-25)18-4-2-1-3-5-18;1-2-23(30)28-13-11-27(12-14-28)16-21-24(18-5-8-20(25)9-6-18)26-22-10-7-19(15-29(21)22)17-3-4-17;1-16(29)27-12-10-26(11-13-27)15-21-23(18-4-7-20(24)8-5-18)25-22-9-6-19(14-28(21)22)17-2-3-17/h3-12,17,19H,1-2,13-16,18H2;1-11,16,22H,12-15,17,27H2;5-10,15,17H,2-4,11-14,16H2,1H3;4-9,14,17H,2-3,10-13,15H2,1H3. The molecule has 4 saturated heterocycles. The molecule has 21 rings (SSSR count). The summed E-state index contributed by atoms with van der Waals surface area (Å²) in [6, 6.07) is 63.5. The number of nitrogens with two attached hydrogens (primary N) is 1. The van der Waals surface area contributed by atoms with E-state index in [2.05, 4.69) is 152 Å². The van der Waals surface area contributed by atoms with Crippen LogP contribution in [0.5, 0.6) is 0 Å². The van der Waals surface area contributed by atoms with Crippen molar-refractivity contribution >= 4 is 86.7 Å². The predicted octanol–water partition coefficient (Wildman–Crippen LogP) is 18.9. The van der Waals surface area contributed by atoms with Crippen LogP contribution in [0.2, 0.25) is 20.1 Å². The molecule has 7 aliphatic rings. The lowest BCUT2D eigenvalue weighted by atomic mass is 10.0. The molecule has 0 radical (unpaired) electrons. The fourth-order valence-corrected chi connectivity index (χ4v) is 18.0. The van der Waals surface area contributed by atoms with Gasteiger partial charge in [0.15, 0.2) is 0 Å². The van der Waals surface area contributed by atoms with Gasteiger partial charge in [-0.05, 0) is 188 Å². The number of carbonyl (C=O) groups excluding carboxylic acids is 3. The molecule has 20 nitrogen and oxygen atoms in total. The molecule has 5 aromatic carbocycles. The van der Waals surface area contributed by atoms with E-state index in [9.17, 15) is 14.4 Å². The molecule has 9 aromatic heterocycles. The molecule has 3 amide bonds. The van der Waals surface area contributed by atoms with Gasteiger partial charge in [-0.15, -0.1) is 0 Å². The molecule has 0 bridgehead atoms. The normalized spacial score (nSPS) is 17.0. The highest BCUT2D eigenvalue weighted by atomic mass is 35.5. The lowest BCUT2D eigenvalue weighted by molar-refractivity contribution is -0.132. The summed E-state index contributed by atoms with van der Waals surface area (Å²) in [7, 11) is 0. The van der Waals surface area contributed by atoms with Crippen LogP contribution in [0, 0.1) is 0 Å². The van der Waals surface area contributed by atoms with Gasteiger partial charge in [-0.25, -0.2) is 19.9 Å². The summed E-state index contributed by atoms with van der Waals surface area (Å²) in [5.41, 5.74) is 30.5. The molecule has 0 unspecified atom stereocenters. The van der Waals surface area contributed by atoms with E-state index >= 15 is 0 Å². The van der Waals surface area contributed by atoms with E-state index in [1.165, 1.54) is 89.1 Å². The van der Waals surface area contributed by atoms with E-state index in [1.54, 1.807) is 31.5 Å². The zero-order chi connectivity index (χ0) is 84.2. The third-order valence-electron chi connectivity index (χ3n) is 25.2. The average molecular weight is 1720 g/mol. The second-order valence-corrected chi connectivity index (χ2v) is 35.5. The maximum absolute atomic E-state index is 12.8. The van der Waals surface area contributed by atoms with Crippen molar-refractivity contribution in [2.45, 2.75) is 122 Å². The summed E-state index contributed by atoms with van der Waals surface area (Å²) in [6.07, 6.45) is 22.7. The maximum Gasteiger partial charge on any atom is 0.254 e. The first kappa shape index (κ1) is 83.3. The monoisotopic (exact) mass is 1720 g/mol. The Bertz CT molecular complexity index is 6060. The van der Waals surface area contributed by atoms with Gasteiger partial charge in [-0.1, -0.05) is 150 Å². The number of imidazole rings is 4. The Morgan fingerprint density at radius 1 is 0.341 bits per heavy atom.